The van der Waals surface area contributed by atoms with Crippen LogP contribution in [-0.4, -0.2) is 24.9 Å². The molecule has 0 spiro atoms. The topological polar surface area (TPSA) is 86.7 Å². The van der Waals surface area contributed by atoms with E-state index in [0.717, 1.165) is 5.69 Å². The molecule has 0 fully saturated rings. The summed E-state index contributed by atoms with van der Waals surface area (Å²) in [7, 11) is 0. The maximum absolute atomic E-state index is 11.2. The minimum absolute atomic E-state index is 0.0712. The molecule has 0 N–H and O–H groups in total. The van der Waals surface area contributed by atoms with Crippen molar-refractivity contribution in [2.24, 2.45) is 0 Å². The predicted octanol–water partition coefficient (Wildman–Crippen LogP) is 2.83. The third kappa shape index (κ3) is 2.49. The molecule has 0 bridgehead atoms. The molecule has 0 aromatic carbocycles. The molecule has 0 aliphatic carbocycles. The molecule has 0 radical (unpaired) electrons. The molecule has 8 heteroatoms. The number of aryl methyl sites for hydroxylation is 1. The van der Waals surface area contributed by atoms with Gasteiger partial charge in [-0.3, -0.25) is 10.1 Å². The normalized spacial score (nSPS) is 11.7. The molecule has 7 nitrogen and oxygen atoms in total. The Kier molecular flexibility index (Phi) is 3.47. The lowest BCUT2D eigenvalue weighted by Gasteiger charge is -2.13. The van der Waals surface area contributed by atoms with Crippen molar-refractivity contribution >= 4 is 17.3 Å². The smallest absolute Gasteiger partial charge is 0.258 e. The van der Waals surface area contributed by atoms with E-state index in [4.69, 9.17) is 11.6 Å². The van der Waals surface area contributed by atoms with E-state index in [-0.39, 0.29) is 10.8 Å². The van der Waals surface area contributed by atoms with Crippen LogP contribution in [0.2, 0.25) is 5.15 Å². The lowest BCUT2D eigenvalue weighted by molar-refractivity contribution is -0.385. The first-order valence-electron chi connectivity index (χ1n) is 5.96. The van der Waals surface area contributed by atoms with Crippen molar-refractivity contribution in [2.45, 2.75) is 33.1 Å². The van der Waals surface area contributed by atoms with Crippen molar-refractivity contribution in [1.29, 1.82) is 0 Å². The fourth-order valence-electron chi connectivity index (χ4n) is 1.71. The molecule has 2 heterocycles. The highest BCUT2D eigenvalue weighted by molar-refractivity contribution is 6.32. The SMILES string of the molecule is Cc1ccc(-n2nc(C(C)(C)C)c([N+](=O)[O-])c2Cl)nn1. The van der Waals surface area contributed by atoms with Crippen LogP contribution >= 0.6 is 11.6 Å². The van der Waals surface area contributed by atoms with Gasteiger partial charge in [-0.1, -0.05) is 32.4 Å². The summed E-state index contributed by atoms with van der Waals surface area (Å²) in [6.07, 6.45) is 0. The first-order chi connectivity index (χ1) is 9.21. The molecule has 106 valence electrons. The van der Waals surface area contributed by atoms with Crippen LogP contribution < -0.4 is 0 Å². The third-order valence-corrected chi connectivity index (χ3v) is 3.04. The fraction of sp³-hybridized carbons (Fsp3) is 0.417. The second-order valence-corrected chi connectivity index (χ2v) is 5.80. The molecule has 2 rings (SSSR count). The average molecular weight is 296 g/mol. The second-order valence-electron chi connectivity index (χ2n) is 5.44. The third-order valence-electron chi connectivity index (χ3n) is 2.70. The quantitative estimate of drug-likeness (QED) is 0.628. The van der Waals surface area contributed by atoms with E-state index in [1.165, 1.54) is 4.68 Å². The molecule has 0 unspecified atom stereocenters. The molecule has 0 saturated heterocycles. The maximum atomic E-state index is 11.2. The molecule has 0 atom stereocenters. The van der Waals surface area contributed by atoms with Gasteiger partial charge in [0.25, 0.3) is 0 Å². The van der Waals surface area contributed by atoms with Gasteiger partial charge in [-0.15, -0.1) is 5.10 Å². The Hall–Kier alpha value is -2.02. The number of nitrogens with zero attached hydrogens (tertiary/aromatic N) is 5. The minimum atomic E-state index is -0.520. The monoisotopic (exact) mass is 295 g/mol. The number of nitro groups is 1. The summed E-state index contributed by atoms with van der Waals surface area (Å²) in [4.78, 5) is 10.7. The van der Waals surface area contributed by atoms with Crippen LogP contribution in [0.1, 0.15) is 32.2 Å². The zero-order valence-electron chi connectivity index (χ0n) is 11.6. The summed E-state index contributed by atoms with van der Waals surface area (Å²) in [6, 6.07) is 3.40. The van der Waals surface area contributed by atoms with E-state index in [0.29, 0.717) is 11.5 Å². The molecule has 2 aromatic heterocycles. The van der Waals surface area contributed by atoms with Gasteiger partial charge < -0.3 is 0 Å². The van der Waals surface area contributed by atoms with Gasteiger partial charge in [0.05, 0.1) is 10.6 Å². The predicted molar refractivity (Wildman–Crippen MR) is 74.3 cm³/mol. The number of aromatic nitrogens is 4. The van der Waals surface area contributed by atoms with Crippen LogP contribution in [0.4, 0.5) is 5.69 Å². The Bertz CT molecular complexity index is 658. The Morgan fingerprint density at radius 2 is 1.95 bits per heavy atom. The Balaban J connectivity index is 2.67. The van der Waals surface area contributed by atoms with Gasteiger partial charge in [0, 0.05) is 5.41 Å². The van der Waals surface area contributed by atoms with Crippen LogP contribution in [0.15, 0.2) is 12.1 Å². The van der Waals surface area contributed by atoms with Crippen LogP contribution in [0.3, 0.4) is 0 Å². The Morgan fingerprint density at radius 3 is 2.35 bits per heavy atom. The van der Waals surface area contributed by atoms with Crippen LogP contribution in [0.25, 0.3) is 5.82 Å². The largest absolute Gasteiger partial charge is 0.330 e. The summed E-state index contributed by atoms with van der Waals surface area (Å²) in [5, 5.41) is 23.2. The first kappa shape index (κ1) is 14.4. The molecular formula is C12H14ClN5O2. The summed E-state index contributed by atoms with van der Waals surface area (Å²) in [5.41, 5.74) is 0.356. The van der Waals surface area contributed by atoms with Gasteiger partial charge in [0.2, 0.25) is 5.15 Å². The molecule has 0 saturated carbocycles. The molecule has 2 aromatic rings. The number of hydrogen-bond acceptors (Lipinski definition) is 5. The highest BCUT2D eigenvalue weighted by Crippen LogP contribution is 2.36. The molecule has 0 amide bonds. The van der Waals surface area contributed by atoms with Crippen molar-refractivity contribution in [3.8, 4) is 5.82 Å². The number of halogens is 1. The van der Waals surface area contributed by atoms with E-state index in [9.17, 15) is 10.1 Å². The van der Waals surface area contributed by atoms with E-state index in [2.05, 4.69) is 15.3 Å². The van der Waals surface area contributed by atoms with E-state index >= 15 is 0 Å². The van der Waals surface area contributed by atoms with Crippen molar-refractivity contribution in [3.05, 3.63) is 38.8 Å². The van der Waals surface area contributed by atoms with Crippen LogP contribution in [-0.2, 0) is 5.41 Å². The van der Waals surface area contributed by atoms with Gasteiger partial charge >= 0.3 is 5.69 Å². The van der Waals surface area contributed by atoms with Crippen LogP contribution in [0.5, 0.6) is 0 Å². The maximum Gasteiger partial charge on any atom is 0.330 e. The first-order valence-corrected chi connectivity index (χ1v) is 6.33. The van der Waals surface area contributed by atoms with Gasteiger partial charge in [-0.2, -0.15) is 14.9 Å². The molecule has 20 heavy (non-hydrogen) atoms. The summed E-state index contributed by atoms with van der Waals surface area (Å²) in [5.74, 6) is 0.346. The zero-order chi connectivity index (χ0) is 15.1. The van der Waals surface area contributed by atoms with E-state index < -0.39 is 10.3 Å². The average Bonchev–Trinajstić information content (AvgIpc) is 2.68. The van der Waals surface area contributed by atoms with Gasteiger partial charge in [0.1, 0.15) is 5.69 Å². The zero-order valence-corrected chi connectivity index (χ0v) is 12.3. The second kappa shape index (κ2) is 4.82. The molecular weight excluding hydrogens is 282 g/mol. The molecule has 0 aliphatic heterocycles. The Morgan fingerprint density at radius 1 is 1.30 bits per heavy atom. The van der Waals surface area contributed by atoms with Gasteiger partial charge in [-0.25, -0.2) is 0 Å². The van der Waals surface area contributed by atoms with Crippen LogP contribution in [0, 0.1) is 17.0 Å². The summed E-state index contributed by atoms with van der Waals surface area (Å²) in [6.45, 7) is 7.31. The lowest BCUT2D eigenvalue weighted by atomic mass is 9.91. The summed E-state index contributed by atoms with van der Waals surface area (Å²) < 4.78 is 1.24. The van der Waals surface area contributed by atoms with Crippen molar-refractivity contribution in [3.63, 3.8) is 0 Å². The van der Waals surface area contributed by atoms with Crippen molar-refractivity contribution in [2.75, 3.05) is 0 Å². The minimum Gasteiger partial charge on any atom is -0.258 e. The highest BCUT2D eigenvalue weighted by atomic mass is 35.5. The lowest BCUT2D eigenvalue weighted by Crippen LogP contribution is -2.14. The Labute approximate surface area is 120 Å². The number of rotatable bonds is 2. The van der Waals surface area contributed by atoms with Crippen molar-refractivity contribution in [1.82, 2.24) is 20.0 Å². The summed E-state index contributed by atoms with van der Waals surface area (Å²) >= 11 is 6.10. The fourth-order valence-corrected chi connectivity index (χ4v) is 2.00. The van der Waals surface area contributed by atoms with E-state index in [1.54, 1.807) is 19.1 Å². The van der Waals surface area contributed by atoms with Gasteiger partial charge in [-0.05, 0) is 19.1 Å². The van der Waals surface area contributed by atoms with Crippen molar-refractivity contribution < 1.29 is 4.92 Å². The standard InChI is InChI=1S/C12H14ClN5O2/c1-7-5-6-8(15-14-7)17-11(13)9(18(19)20)10(16-17)12(2,3)4/h5-6H,1-4H3. The van der Waals surface area contributed by atoms with E-state index in [1.807, 2.05) is 20.8 Å². The molecule has 0 aliphatic rings. The van der Waals surface area contributed by atoms with Gasteiger partial charge in [0.15, 0.2) is 5.82 Å². The number of hydrogen-bond donors (Lipinski definition) is 0. The highest BCUT2D eigenvalue weighted by Gasteiger charge is 2.34.